The molecule has 0 aliphatic carbocycles. The molecule has 3 heterocycles. The lowest BCUT2D eigenvalue weighted by atomic mass is 9.99. The van der Waals surface area contributed by atoms with Gasteiger partial charge in [-0.25, -0.2) is 9.97 Å². The van der Waals surface area contributed by atoms with Crippen molar-refractivity contribution < 1.29 is 0 Å². The molecule has 0 amide bonds. The van der Waals surface area contributed by atoms with Crippen LogP contribution in [0.5, 0.6) is 0 Å². The molecule has 2 fully saturated rings. The number of aromatic nitrogens is 2. The molecule has 2 saturated heterocycles. The molecule has 4 nitrogen and oxygen atoms in total. The topological polar surface area (TPSA) is 41.1 Å². The van der Waals surface area contributed by atoms with Crippen LogP contribution in [0.1, 0.15) is 25.7 Å². The maximum Gasteiger partial charge on any atom is 0.222 e. The van der Waals surface area contributed by atoms with Crippen molar-refractivity contribution in [1.29, 1.82) is 0 Å². The van der Waals surface area contributed by atoms with Gasteiger partial charge >= 0.3 is 0 Å². The second-order valence-electron chi connectivity index (χ2n) is 4.86. The van der Waals surface area contributed by atoms with Crippen molar-refractivity contribution in [2.24, 2.45) is 0 Å². The largest absolute Gasteiger partial charge is 0.350 e. The highest BCUT2D eigenvalue weighted by Crippen LogP contribution is 2.28. The first-order valence-electron chi connectivity index (χ1n) is 6.31. The smallest absolute Gasteiger partial charge is 0.222 e. The molecule has 92 valence electrons. The molecule has 2 aliphatic rings. The van der Waals surface area contributed by atoms with Crippen molar-refractivity contribution >= 4 is 21.9 Å². The standard InChI is InChI=1S/C12H17BrN4/c13-9-7-14-12(15-8-9)16-10-4-6-17-5-2-1-3-11(10)17/h7-8,10-11H,1-6H2,(H,14,15,16)/t10-,11+/m1/s1. The van der Waals surface area contributed by atoms with E-state index in [1.165, 1.54) is 38.8 Å². The molecular formula is C12H17BrN4. The van der Waals surface area contributed by atoms with Crippen molar-refractivity contribution in [2.45, 2.75) is 37.8 Å². The lowest BCUT2D eigenvalue weighted by Gasteiger charge is -2.32. The SMILES string of the molecule is Brc1cnc(N[C@@H]2CCN3CCCC[C@@H]23)nc1. The second kappa shape index (κ2) is 4.90. The zero-order chi connectivity index (χ0) is 11.7. The molecule has 2 aliphatic heterocycles. The molecule has 1 aromatic rings. The fourth-order valence-corrected chi connectivity index (χ4v) is 3.17. The molecule has 0 bridgehead atoms. The van der Waals surface area contributed by atoms with Gasteiger partial charge in [0.1, 0.15) is 0 Å². The highest BCUT2D eigenvalue weighted by atomic mass is 79.9. The Labute approximate surface area is 110 Å². The zero-order valence-electron chi connectivity index (χ0n) is 9.77. The summed E-state index contributed by atoms with van der Waals surface area (Å²) in [5.41, 5.74) is 0. The molecule has 0 spiro atoms. The van der Waals surface area contributed by atoms with Crippen LogP contribution in [0.25, 0.3) is 0 Å². The minimum absolute atomic E-state index is 0.525. The van der Waals surface area contributed by atoms with Crippen molar-refractivity contribution in [3.8, 4) is 0 Å². The first-order chi connectivity index (χ1) is 8.33. The van der Waals surface area contributed by atoms with Crippen molar-refractivity contribution in [2.75, 3.05) is 18.4 Å². The van der Waals surface area contributed by atoms with E-state index in [1.807, 2.05) is 0 Å². The molecule has 1 aromatic heterocycles. The van der Waals surface area contributed by atoms with E-state index in [0.29, 0.717) is 12.1 Å². The summed E-state index contributed by atoms with van der Waals surface area (Å²) in [5.74, 6) is 0.755. The molecule has 5 heteroatoms. The molecular weight excluding hydrogens is 280 g/mol. The fraction of sp³-hybridized carbons (Fsp3) is 0.667. The van der Waals surface area contributed by atoms with E-state index in [0.717, 1.165) is 10.4 Å². The quantitative estimate of drug-likeness (QED) is 0.909. The van der Waals surface area contributed by atoms with Gasteiger partial charge in [0.25, 0.3) is 0 Å². The number of piperidine rings is 1. The maximum atomic E-state index is 4.29. The van der Waals surface area contributed by atoms with Crippen LogP contribution in [-0.2, 0) is 0 Å². The van der Waals surface area contributed by atoms with Crippen molar-refractivity contribution in [1.82, 2.24) is 14.9 Å². The number of nitrogens with zero attached hydrogens (tertiary/aromatic N) is 3. The third-order valence-electron chi connectivity index (χ3n) is 3.79. The summed E-state index contributed by atoms with van der Waals surface area (Å²) in [5, 5.41) is 3.48. The van der Waals surface area contributed by atoms with E-state index in [-0.39, 0.29) is 0 Å². The van der Waals surface area contributed by atoms with Crippen LogP contribution in [0.3, 0.4) is 0 Å². The predicted octanol–water partition coefficient (Wildman–Crippen LogP) is 2.28. The first kappa shape index (κ1) is 11.4. The van der Waals surface area contributed by atoms with Crippen LogP contribution in [0.15, 0.2) is 16.9 Å². The third-order valence-corrected chi connectivity index (χ3v) is 4.20. The number of halogens is 1. The highest BCUT2D eigenvalue weighted by Gasteiger charge is 2.35. The van der Waals surface area contributed by atoms with E-state index in [2.05, 4.69) is 36.1 Å². The number of fused-ring (bicyclic) bond motifs is 1. The Hall–Kier alpha value is -0.680. The average molecular weight is 297 g/mol. The van der Waals surface area contributed by atoms with Gasteiger partial charge in [-0.2, -0.15) is 0 Å². The van der Waals surface area contributed by atoms with Crippen LogP contribution >= 0.6 is 15.9 Å². The second-order valence-corrected chi connectivity index (χ2v) is 5.78. The Kier molecular flexibility index (Phi) is 3.29. The van der Waals surface area contributed by atoms with Gasteiger partial charge in [-0.15, -0.1) is 0 Å². The predicted molar refractivity (Wildman–Crippen MR) is 71.0 cm³/mol. The van der Waals surface area contributed by atoms with Crippen molar-refractivity contribution in [3.63, 3.8) is 0 Å². The molecule has 2 atom stereocenters. The Bertz CT molecular complexity index is 381. The minimum Gasteiger partial charge on any atom is -0.350 e. The van der Waals surface area contributed by atoms with Gasteiger partial charge in [0.15, 0.2) is 0 Å². The number of anilines is 1. The Balaban J connectivity index is 1.67. The van der Waals surface area contributed by atoms with Gasteiger partial charge in [-0.3, -0.25) is 4.90 Å². The summed E-state index contributed by atoms with van der Waals surface area (Å²) in [4.78, 5) is 11.2. The van der Waals surface area contributed by atoms with Crippen LogP contribution in [0.4, 0.5) is 5.95 Å². The summed E-state index contributed by atoms with van der Waals surface area (Å²) in [6.07, 6.45) is 8.84. The summed E-state index contributed by atoms with van der Waals surface area (Å²) in [6, 6.07) is 1.22. The van der Waals surface area contributed by atoms with E-state index >= 15 is 0 Å². The van der Waals surface area contributed by atoms with Gasteiger partial charge in [0.05, 0.1) is 4.47 Å². The van der Waals surface area contributed by atoms with Gasteiger partial charge < -0.3 is 5.32 Å². The minimum atomic E-state index is 0.525. The van der Waals surface area contributed by atoms with Crippen LogP contribution in [-0.4, -0.2) is 40.0 Å². The molecule has 0 radical (unpaired) electrons. The maximum absolute atomic E-state index is 4.29. The highest BCUT2D eigenvalue weighted by molar-refractivity contribution is 9.10. The van der Waals surface area contributed by atoms with E-state index in [9.17, 15) is 0 Å². The van der Waals surface area contributed by atoms with Gasteiger partial charge in [-0.05, 0) is 41.7 Å². The number of hydrogen-bond acceptors (Lipinski definition) is 4. The van der Waals surface area contributed by atoms with E-state index in [1.54, 1.807) is 12.4 Å². The zero-order valence-corrected chi connectivity index (χ0v) is 11.4. The van der Waals surface area contributed by atoms with Gasteiger partial charge in [-0.1, -0.05) is 6.42 Å². The van der Waals surface area contributed by atoms with Gasteiger partial charge in [0, 0.05) is 31.0 Å². The van der Waals surface area contributed by atoms with Gasteiger partial charge in [0.2, 0.25) is 5.95 Å². The summed E-state index contributed by atoms with van der Waals surface area (Å²) in [7, 11) is 0. The molecule has 1 N–H and O–H groups in total. The lowest BCUT2D eigenvalue weighted by molar-refractivity contribution is 0.192. The fourth-order valence-electron chi connectivity index (χ4n) is 2.97. The summed E-state index contributed by atoms with van der Waals surface area (Å²) >= 11 is 3.35. The van der Waals surface area contributed by atoms with Crippen LogP contribution in [0, 0.1) is 0 Å². The molecule has 3 rings (SSSR count). The molecule has 0 unspecified atom stereocenters. The molecule has 17 heavy (non-hydrogen) atoms. The van der Waals surface area contributed by atoms with Crippen LogP contribution < -0.4 is 5.32 Å². The number of hydrogen-bond donors (Lipinski definition) is 1. The molecule has 0 aromatic carbocycles. The Morgan fingerprint density at radius 3 is 2.82 bits per heavy atom. The molecule has 0 saturated carbocycles. The first-order valence-corrected chi connectivity index (χ1v) is 7.10. The lowest BCUT2D eigenvalue weighted by Crippen LogP contribution is -2.41. The normalized spacial score (nSPS) is 29.0. The van der Waals surface area contributed by atoms with E-state index in [4.69, 9.17) is 0 Å². The summed E-state index contributed by atoms with van der Waals surface area (Å²) in [6.45, 7) is 2.49. The van der Waals surface area contributed by atoms with Crippen molar-refractivity contribution in [3.05, 3.63) is 16.9 Å². The van der Waals surface area contributed by atoms with E-state index < -0.39 is 0 Å². The third kappa shape index (κ3) is 2.45. The number of nitrogens with one attached hydrogen (secondary N) is 1. The van der Waals surface area contributed by atoms with Crippen LogP contribution in [0.2, 0.25) is 0 Å². The Morgan fingerprint density at radius 2 is 2.00 bits per heavy atom. The summed E-state index contributed by atoms with van der Waals surface area (Å²) < 4.78 is 0.925. The Morgan fingerprint density at radius 1 is 1.18 bits per heavy atom. The monoisotopic (exact) mass is 296 g/mol. The average Bonchev–Trinajstić information content (AvgIpc) is 2.76. The number of rotatable bonds is 2.